The average molecular weight is 456 g/mol. The van der Waals surface area contributed by atoms with Crippen LogP contribution in [-0.4, -0.2) is 56.3 Å². The first-order chi connectivity index (χ1) is 15.5. The number of benzene rings is 2. The Morgan fingerprint density at radius 3 is 2.28 bits per heavy atom. The van der Waals surface area contributed by atoms with Crippen molar-refractivity contribution in [2.24, 2.45) is 0 Å². The van der Waals surface area contributed by atoms with Gasteiger partial charge in [0.1, 0.15) is 0 Å². The van der Waals surface area contributed by atoms with Crippen molar-refractivity contribution in [3.05, 3.63) is 65.2 Å². The van der Waals surface area contributed by atoms with Crippen LogP contribution in [0.5, 0.6) is 0 Å². The predicted molar refractivity (Wildman–Crippen MR) is 126 cm³/mol. The molecule has 0 spiro atoms. The Morgan fingerprint density at radius 1 is 0.938 bits per heavy atom. The molecule has 1 unspecified atom stereocenters. The summed E-state index contributed by atoms with van der Waals surface area (Å²) in [5.74, 6) is -0.236. The summed E-state index contributed by atoms with van der Waals surface area (Å²) >= 11 is 0. The molecule has 1 N–H and O–H groups in total. The molecule has 2 heterocycles. The number of aryl methyl sites for hydroxylation is 1. The first-order valence-electron chi connectivity index (χ1n) is 11.6. The van der Waals surface area contributed by atoms with E-state index in [9.17, 15) is 13.2 Å². The summed E-state index contributed by atoms with van der Waals surface area (Å²) < 4.78 is 27.9. The van der Waals surface area contributed by atoms with E-state index >= 15 is 0 Å². The number of likely N-dealkylation sites (tertiary alicyclic amines) is 1. The van der Waals surface area contributed by atoms with Crippen LogP contribution in [0.25, 0.3) is 0 Å². The van der Waals surface area contributed by atoms with Gasteiger partial charge in [0, 0.05) is 25.2 Å². The fourth-order valence-corrected chi connectivity index (χ4v) is 6.51. The Hall–Kier alpha value is -2.22. The molecule has 2 aromatic carbocycles. The van der Waals surface area contributed by atoms with Gasteiger partial charge in [-0.1, -0.05) is 42.8 Å². The van der Waals surface area contributed by atoms with Crippen molar-refractivity contribution >= 4 is 15.9 Å². The molecule has 1 atom stereocenters. The lowest BCUT2D eigenvalue weighted by Crippen LogP contribution is -2.37. The highest BCUT2D eigenvalue weighted by Gasteiger charge is 2.28. The Balaban J connectivity index is 1.51. The molecular weight excluding hydrogens is 422 g/mol. The van der Waals surface area contributed by atoms with Crippen LogP contribution >= 0.6 is 0 Å². The van der Waals surface area contributed by atoms with E-state index in [1.165, 1.54) is 18.4 Å². The quantitative estimate of drug-likeness (QED) is 0.691. The van der Waals surface area contributed by atoms with E-state index in [1.807, 2.05) is 18.2 Å². The Kier molecular flexibility index (Phi) is 7.28. The van der Waals surface area contributed by atoms with E-state index in [0.29, 0.717) is 30.8 Å². The van der Waals surface area contributed by atoms with Crippen molar-refractivity contribution in [3.8, 4) is 0 Å². The molecule has 172 valence electrons. The zero-order chi connectivity index (χ0) is 22.6. The number of nitrogens with zero attached hydrogens (tertiary/aromatic N) is 2. The van der Waals surface area contributed by atoms with Gasteiger partial charge in [0.2, 0.25) is 10.0 Å². The number of rotatable bonds is 7. The van der Waals surface area contributed by atoms with Gasteiger partial charge in [-0.3, -0.25) is 9.69 Å². The molecule has 2 aliphatic heterocycles. The molecule has 0 radical (unpaired) electrons. The van der Waals surface area contributed by atoms with Crippen molar-refractivity contribution in [1.29, 1.82) is 0 Å². The van der Waals surface area contributed by atoms with E-state index in [4.69, 9.17) is 0 Å². The van der Waals surface area contributed by atoms with Crippen LogP contribution in [0.2, 0.25) is 0 Å². The van der Waals surface area contributed by atoms with Gasteiger partial charge in [0.25, 0.3) is 5.91 Å². The van der Waals surface area contributed by atoms with Gasteiger partial charge in [0.05, 0.1) is 10.9 Å². The lowest BCUT2D eigenvalue weighted by atomic mass is 10.1. The second kappa shape index (κ2) is 10.1. The van der Waals surface area contributed by atoms with Gasteiger partial charge in [-0.2, -0.15) is 4.31 Å². The van der Waals surface area contributed by atoms with E-state index < -0.39 is 10.0 Å². The number of hydrogen-bond donors (Lipinski definition) is 1. The van der Waals surface area contributed by atoms with Crippen molar-refractivity contribution < 1.29 is 13.2 Å². The molecular formula is C25H33N3O3S. The van der Waals surface area contributed by atoms with Gasteiger partial charge >= 0.3 is 0 Å². The summed E-state index contributed by atoms with van der Waals surface area (Å²) in [6, 6.07) is 15.4. The maximum atomic E-state index is 13.2. The van der Waals surface area contributed by atoms with E-state index in [-0.39, 0.29) is 16.8 Å². The molecule has 0 bridgehead atoms. The topological polar surface area (TPSA) is 69.7 Å². The minimum atomic E-state index is -3.59. The second-order valence-corrected chi connectivity index (χ2v) is 10.7. The third-order valence-corrected chi connectivity index (χ3v) is 8.65. The van der Waals surface area contributed by atoms with Gasteiger partial charge in [-0.25, -0.2) is 8.42 Å². The smallest absolute Gasteiger partial charge is 0.251 e. The molecule has 6 nitrogen and oxygen atoms in total. The number of sulfonamides is 1. The molecule has 32 heavy (non-hydrogen) atoms. The molecule has 2 fully saturated rings. The molecule has 2 aliphatic rings. The normalized spacial score (nSPS) is 19.0. The average Bonchev–Trinajstić information content (AvgIpc) is 3.35. The molecule has 2 aromatic rings. The minimum absolute atomic E-state index is 0.115. The molecule has 0 aliphatic carbocycles. The highest BCUT2D eigenvalue weighted by atomic mass is 32.2. The zero-order valence-electron chi connectivity index (χ0n) is 18.8. The SMILES string of the molecule is Cc1ccc(C(=O)NCC(c2ccccc2)N2CCCC2)cc1S(=O)(=O)N1CCCCC1. The largest absolute Gasteiger partial charge is 0.350 e. The summed E-state index contributed by atoms with van der Waals surface area (Å²) in [6.07, 6.45) is 5.18. The van der Waals surface area contributed by atoms with Crippen LogP contribution in [0, 0.1) is 6.92 Å². The van der Waals surface area contributed by atoms with E-state index in [0.717, 1.165) is 32.4 Å². The maximum Gasteiger partial charge on any atom is 0.251 e. The van der Waals surface area contributed by atoms with Gasteiger partial charge in [-0.05, 0) is 69.0 Å². The fraction of sp³-hybridized carbons (Fsp3) is 0.480. The Bertz CT molecular complexity index is 1030. The van der Waals surface area contributed by atoms with Crippen LogP contribution in [0.1, 0.15) is 59.6 Å². The maximum absolute atomic E-state index is 13.2. The van der Waals surface area contributed by atoms with E-state index in [2.05, 4.69) is 22.3 Å². The summed E-state index contributed by atoms with van der Waals surface area (Å²) in [7, 11) is -3.59. The lowest BCUT2D eigenvalue weighted by Gasteiger charge is -2.28. The third kappa shape index (κ3) is 5.05. The molecule has 4 rings (SSSR count). The molecule has 7 heteroatoms. The van der Waals surface area contributed by atoms with Crippen LogP contribution in [0.4, 0.5) is 0 Å². The van der Waals surface area contributed by atoms with Crippen molar-refractivity contribution in [2.45, 2.75) is 50.0 Å². The van der Waals surface area contributed by atoms with Crippen LogP contribution in [0.3, 0.4) is 0 Å². The standard InChI is InChI=1S/C25H33N3O3S/c1-20-12-13-22(18-24(20)32(30,31)28-16-6-3-7-17-28)25(29)26-19-23(27-14-8-9-15-27)21-10-4-2-5-11-21/h2,4-5,10-13,18,23H,3,6-9,14-17,19H2,1H3,(H,26,29). The Morgan fingerprint density at radius 2 is 1.59 bits per heavy atom. The van der Waals surface area contributed by atoms with Gasteiger partial charge in [0.15, 0.2) is 0 Å². The zero-order valence-corrected chi connectivity index (χ0v) is 19.6. The number of amides is 1. The third-order valence-electron chi connectivity index (χ3n) is 6.60. The predicted octanol–water partition coefficient (Wildman–Crippen LogP) is 3.74. The summed E-state index contributed by atoms with van der Waals surface area (Å²) in [5, 5.41) is 3.06. The fourth-order valence-electron chi connectivity index (χ4n) is 4.74. The lowest BCUT2D eigenvalue weighted by molar-refractivity contribution is 0.0937. The summed E-state index contributed by atoms with van der Waals surface area (Å²) in [6.45, 7) is 5.43. The molecule has 0 aromatic heterocycles. The van der Waals surface area contributed by atoms with Crippen LogP contribution in [0.15, 0.2) is 53.4 Å². The van der Waals surface area contributed by atoms with Crippen LogP contribution < -0.4 is 5.32 Å². The summed E-state index contributed by atoms with van der Waals surface area (Å²) in [4.78, 5) is 15.7. The van der Waals surface area contributed by atoms with Crippen molar-refractivity contribution in [2.75, 3.05) is 32.7 Å². The van der Waals surface area contributed by atoms with Crippen LogP contribution in [-0.2, 0) is 10.0 Å². The van der Waals surface area contributed by atoms with E-state index in [1.54, 1.807) is 29.4 Å². The molecule has 0 saturated carbocycles. The number of carbonyl (C=O) groups excluding carboxylic acids is 1. The first kappa shape index (κ1) is 23.0. The number of piperidine rings is 1. The minimum Gasteiger partial charge on any atom is -0.350 e. The second-order valence-electron chi connectivity index (χ2n) is 8.82. The molecule has 1 amide bonds. The Labute approximate surface area is 191 Å². The van der Waals surface area contributed by atoms with Gasteiger partial charge < -0.3 is 5.32 Å². The molecule has 2 saturated heterocycles. The number of nitrogens with one attached hydrogen (secondary N) is 1. The summed E-state index contributed by atoms with van der Waals surface area (Å²) in [5.41, 5.74) is 2.25. The highest BCUT2D eigenvalue weighted by Crippen LogP contribution is 2.26. The van der Waals surface area contributed by atoms with Gasteiger partial charge in [-0.15, -0.1) is 0 Å². The van der Waals surface area contributed by atoms with Crippen molar-refractivity contribution in [1.82, 2.24) is 14.5 Å². The number of hydrogen-bond acceptors (Lipinski definition) is 4. The first-order valence-corrected chi connectivity index (χ1v) is 13.1. The van der Waals surface area contributed by atoms with Crippen molar-refractivity contribution in [3.63, 3.8) is 0 Å². The number of carbonyl (C=O) groups is 1. The highest BCUT2D eigenvalue weighted by molar-refractivity contribution is 7.89. The monoisotopic (exact) mass is 455 g/mol.